The Kier molecular flexibility index (Phi) is 3.35. The number of rotatable bonds is 3. The van der Waals surface area contributed by atoms with Gasteiger partial charge in [-0.05, 0) is 42.5 Å². The summed E-state index contributed by atoms with van der Waals surface area (Å²) >= 11 is 0. The molecule has 0 radical (unpaired) electrons. The van der Waals surface area contributed by atoms with Crippen LogP contribution in [-0.2, 0) is 7.05 Å². The van der Waals surface area contributed by atoms with Gasteiger partial charge in [-0.2, -0.15) is 0 Å². The minimum atomic E-state index is 0. The van der Waals surface area contributed by atoms with Crippen molar-refractivity contribution in [2.24, 2.45) is 7.05 Å². The van der Waals surface area contributed by atoms with Gasteiger partial charge in [0.05, 0.1) is 22.4 Å². The Labute approximate surface area is 169 Å². The van der Waals surface area contributed by atoms with E-state index in [0.29, 0.717) is 0 Å². The van der Waals surface area contributed by atoms with Gasteiger partial charge in [-0.1, -0.05) is 48.5 Å². The number of nitrogens with zero attached hydrogens (tertiary/aromatic N) is 2. The molecule has 2 N–H and O–H groups in total. The van der Waals surface area contributed by atoms with Gasteiger partial charge in [0, 0.05) is 36.0 Å². The molecule has 0 fully saturated rings. The molecular weight excluding hydrogens is 356 g/mol. The molecule has 2 heterocycles. The van der Waals surface area contributed by atoms with Crippen molar-refractivity contribution in [1.29, 1.82) is 0 Å². The van der Waals surface area contributed by atoms with Crippen molar-refractivity contribution in [3.8, 4) is 5.69 Å². The van der Waals surface area contributed by atoms with Crippen molar-refractivity contribution in [3.05, 3.63) is 91.0 Å². The van der Waals surface area contributed by atoms with E-state index in [1.165, 1.54) is 32.8 Å². The number of aromatic nitrogens is 3. The third kappa shape index (κ3) is 2.39. The Bertz CT molecular complexity index is 1490. The molecule has 0 aliphatic carbocycles. The average Bonchev–Trinajstić information content (AvgIpc) is 3.13. The fourth-order valence-electron chi connectivity index (χ4n) is 4.26. The second kappa shape index (κ2) is 6.04. The van der Waals surface area contributed by atoms with Crippen LogP contribution in [0.15, 0.2) is 91.0 Å². The molecule has 0 unspecified atom stereocenters. The maximum absolute atomic E-state index is 3.56. The van der Waals surface area contributed by atoms with Crippen LogP contribution in [0.4, 0.5) is 11.4 Å². The molecule has 142 valence electrons. The summed E-state index contributed by atoms with van der Waals surface area (Å²) in [4.78, 5) is 3.54. The first-order chi connectivity index (χ1) is 14.3. The molecule has 6 rings (SSSR count). The standard InChI is InChI=1S/C25H20N4.H2/c1-28-24-16-22-19(18-11-5-6-12-20(18)27-22)15-25(24)29(28)23-14-8-7-13-21(23)26-17-9-3-2-4-10-17;/h2-16,26-27H,1H3;1H. The zero-order valence-corrected chi connectivity index (χ0v) is 16.1. The summed E-state index contributed by atoms with van der Waals surface area (Å²) in [6, 6.07) is 31.7. The first-order valence-corrected chi connectivity index (χ1v) is 9.79. The van der Waals surface area contributed by atoms with Gasteiger partial charge in [-0.15, -0.1) is 0 Å². The second-order valence-corrected chi connectivity index (χ2v) is 7.40. The molecule has 29 heavy (non-hydrogen) atoms. The predicted octanol–water partition coefficient (Wildman–Crippen LogP) is 6.59. The number of benzene rings is 4. The normalized spacial score (nSPS) is 11.6. The number of hydrogen-bond acceptors (Lipinski definition) is 1. The Hall–Kier alpha value is -3.92. The van der Waals surface area contributed by atoms with Gasteiger partial charge in [0.25, 0.3) is 0 Å². The summed E-state index contributed by atoms with van der Waals surface area (Å²) in [6.07, 6.45) is 0. The van der Waals surface area contributed by atoms with Crippen LogP contribution in [0, 0.1) is 0 Å². The van der Waals surface area contributed by atoms with Gasteiger partial charge in [0.2, 0.25) is 0 Å². The van der Waals surface area contributed by atoms with E-state index in [9.17, 15) is 0 Å². The Balaban J connectivity index is 0.00000193. The highest BCUT2D eigenvalue weighted by Crippen LogP contribution is 2.34. The quantitative estimate of drug-likeness (QED) is 0.358. The van der Waals surface area contributed by atoms with Crippen LogP contribution in [0.25, 0.3) is 38.5 Å². The number of H-pyrrole nitrogens is 1. The fourth-order valence-corrected chi connectivity index (χ4v) is 4.26. The maximum atomic E-state index is 3.56. The molecule has 0 aliphatic rings. The number of aromatic amines is 1. The minimum absolute atomic E-state index is 0. The van der Waals surface area contributed by atoms with Crippen molar-refractivity contribution in [1.82, 2.24) is 14.3 Å². The molecule has 0 aliphatic heterocycles. The van der Waals surface area contributed by atoms with E-state index in [1.807, 2.05) is 18.2 Å². The molecule has 4 nitrogen and oxygen atoms in total. The topological polar surface area (TPSA) is 37.7 Å². The molecule has 0 spiro atoms. The molecule has 2 aromatic heterocycles. The van der Waals surface area contributed by atoms with E-state index in [4.69, 9.17) is 0 Å². The number of fused-ring (bicyclic) bond motifs is 4. The number of para-hydroxylation sites is 4. The molecule has 0 atom stereocenters. The Morgan fingerprint density at radius 3 is 2.38 bits per heavy atom. The molecule has 4 aromatic carbocycles. The third-order valence-electron chi connectivity index (χ3n) is 5.66. The van der Waals surface area contributed by atoms with Crippen molar-refractivity contribution in [3.63, 3.8) is 0 Å². The van der Waals surface area contributed by atoms with Gasteiger partial charge in [0.1, 0.15) is 0 Å². The second-order valence-electron chi connectivity index (χ2n) is 7.40. The monoisotopic (exact) mass is 378 g/mol. The molecule has 0 amide bonds. The van der Waals surface area contributed by atoms with Crippen molar-refractivity contribution < 1.29 is 1.43 Å². The van der Waals surface area contributed by atoms with Crippen LogP contribution in [0.1, 0.15) is 1.43 Å². The van der Waals surface area contributed by atoms with Gasteiger partial charge < -0.3 is 10.3 Å². The Morgan fingerprint density at radius 1 is 0.724 bits per heavy atom. The van der Waals surface area contributed by atoms with Gasteiger partial charge in [0.15, 0.2) is 0 Å². The smallest absolute Gasteiger partial charge is 0.0893 e. The van der Waals surface area contributed by atoms with Gasteiger partial charge >= 0.3 is 0 Å². The van der Waals surface area contributed by atoms with Crippen molar-refractivity contribution in [2.45, 2.75) is 0 Å². The van der Waals surface area contributed by atoms with Gasteiger partial charge in [-0.25, -0.2) is 4.68 Å². The zero-order chi connectivity index (χ0) is 19.4. The fraction of sp³-hybridized carbons (Fsp3) is 0.0400. The van der Waals surface area contributed by atoms with E-state index in [0.717, 1.165) is 17.1 Å². The van der Waals surface area contributed by atoms with E-state index in [2.05, 4.69) is 99.5 Å². The number of hydrogen-bond donors (Lipinski definition) is 2. The first-order valence-electron chi connectivity index (χ1n) is 9.79. The lowest BCUT2D eigenvalue weighted by Crippen LogP contribution is -2.19. The van der Waals surface area contributed by atoms with E-state index >= 15 is 0 Å². The van der Waals surface area contributed by atoms with E-state index in [-0.39, 0.29) is 1.43 Å². The summed E-state index contributed by atoms with van der Waals surface area (Å²) in [7, 11) is 2.11. The van der Waals surface area contributed by atoms with E-state index in [1.54, 1.807) is 0 Å². The highest BCUT2D eigenvalue weighted by molar-refractivity contribution is 6.11. The summed E-state index contributed by atoms with van der Waals surface area (Å²) in [6.45, 7) is 0. The van der Waals surface area contributed by atoms with Crippen LogP contribution in [0.2, 0.25) is 0 Å². The lowest BCUT2D eigenvalue weighted by molar-refractivity contribution is 0.656. The number of nitrogens with one attached hydrogen (secondary N) is 2. The average molecular weight is 378 g/mol. The maximum Gasteiger partial charge on any atom is 0.0893 e. The lowest BCUT2D eigenvalue weighted by atomic mass is 10.1. The molecular formula is C25H22N4. The minimum Gasteiger partial charge on any atom is -0.354 e. The summed E-state index contributed by atoms with van der Waals surface area (Å²) < 4.78 is 4.47. The molecule has 4 heteroatoms. The third-order valence-corrected chi connectivity index (χ3v) is 5.66. The molecule has 6 aromatic rings. The number of aryl methyl sites for hydroxylation is 1. The SMILES string of the molecule is Cn1c2cc3[nH]c4ccccc4c3cc2n1-c1ccccc1Nc1ccccc1.[HH]. The van der Waals surface area contributed by atoms with Gasteiger partial charge in [-0.3, -0.25) is 4.68 Å². The van der Waals surface area contributed by atoms with Crippen molar-refractivity contribution in [2.75, 3.05) is 5.32 Å². The summed E-state index contributed by atoms with van der Waals surface area (Å²) in [5.74, 6) is 0. The molecule has 0 saturated heterocycles. The highest BCUT2D eigenvalue weighted by atomic mass is 15.4. The van der Waals surface area contributed by atoms with Crippen molar-refractivity contribution >= 4 is 44.2 Å². The Morgan fingerprint density at radius 2 is 1.48 bits per heavy atom. The lowest BCUT2D eigenvalue weighted by Gasteiger charge is -2.26. The molecule has 0 saturated carbocycles. The van der Waals surface area contributed by atoms with Crippen LogP contribution in [0.3, 0.4) is 0 Å². The summed E-state index contributed by atoms with van der Waals surface area (Å²) in [5.41, 5.74) is 8.07. The van der Waals surface area contributed by atoms with E-state index < -0.39 is 0 Å². The first kappa shape index (κ1) is 16.1. The van der Waals surface area contributed by atoms with Crippen LogP contribution in [-0.4, -0.2) is 14.3 Å². The van der Waals surface area contributed by atoms with Crippen LogP contribution < -0.4 is 5.32 Å². The van der Waals surface area contributed by atoms with Crippen LogP contribution >= 0.6 is 0 Å². The van der Waals surface area contributed by atoms with Crippen LogP contribution in [0.5, 0.6) is 0 Å². The predicted molar refractivity (Wildman–Crippen MR) is 123 cm³/mol. The number of anilines is 2. The molecule has 0 bridgehead atoms. The zero-order valence-electron chi connectivity index (χ0n) is 16.1. The summed E-state index contributed by atoms with van der Waals surface area (Å²) in [5, 5.41) is 6.08. The highest BCUT2D eigenvalue weighted by Gasteiger charge is 2.17. The largest absolute Gasteiger partial charge is 0.354 e.